The fourth-order valence-electron chi connectivity index (χ4n) is 4.88. The van der Waals surface area contributed by atoms with E-state index in [1.807, 2.05) is 67.4 Å². The Morgan fingerprint density at radius 2 is 1.89 bits per heavy atom. The second-order valence-corrected chi connectivity index (χ2v) is 10.7. The van der Waals surface area contributed by atoms with E-state index in [9.17, 15) is 9.59 Å². The van der Waals surface area contributed by atoms with Gasteiger partial charge < -0.3 is 14.5 Å². The molecule has 0 aliphatic carbocycles. The lowest BCUT2D eigenvalue weighted by molar-refractivity contribution is -0.133. The van der Waals surface area contributed by atoms with Gasteiger partial charge >= 0.3 is 0 Å². The third-order valence-electron chi connectivity index (χ3n) is 7.07. The highest BCUT2D eigenvalue weighted by atomic mass is 35.5. The fourth-order valence-corrected chi connectivity index (χ4v) is 5.06. The van der Waals surface area contributed by atoms with E-state index in [1.54, 1.807) is 21.7 Å². The van der Waals surface area contributed by atoms with E-state index in [0.717, 1.165) is 11.3 Å². The van der Waals surface area contributed by atoms with Gasteiger partial charge in [-0.25, -0.2) is 0 Å². The van der Waals surface area contributed by atoms with Crippen LogP contribution in [0, 0.1) is 5.92 Å². The highest BCUT2D eigenvalue weighted by molar-refractivity contribution is 6.30. The molecule has 0 radical (unpaired) electrons. The molecule has 1 saturated heterocycles. The molecule has 1 aliphatic heterocycles. The molecule has 3 aromatic rings. The van der Waals surface area contributed by atoms with Crippen LogP contribution in [0.2, 0.25) is 5.02 Å². The van der Waals surface area contributed by atoms with Crippen molar-refractivity contribution in [1.82, 2.24) is 19.6 Å². The average Bonchev–Trinajstić information content (AvgIpc) is 3.35. The summed E-state index contributed by atoms with van der Waals surface area (Å²) in [7, 11) is 1.82. The number of hydrogen-bond acceptors (Lipinski definition) is 4. The average molecular weight is 537 g/mol. The number of ether oxygens (including phenoxy) is 1. The first kappa shape index (κ1) is 27.7. The van der Waals surface area contributed by atoms with Crippen LogP contribution in [0.5, 0.6) is 5.75 Å². The SMILES string of the molecule is CCn1nc(C(C)C)cc1C(=O)N1CC[C@H](Oc2cccc(Cl)c2)[C@@H](CC(=O)N(C)Cc2ccccc2)C1. The number of rotatable bonds is 9. The normalized spacial score (nSPS) is 17.5. The van der Waals surface area contributed by atoms with Crippen molar-refractivity contribution in [2.75, 3.05) is 20.1 Å². The van der Waals surface area contributed by atoms with Crippen LogP contribution >= 0.6 is 11.6 Å². The summed E-state index contributed by atoms with van der Waals surface area (Å²) >= 11 is 6.19. The van der Waals surface area contributed by atoms with Crippen molar-refractivity contribution < 1.29 is 14.3 Å². The van der Waals surface area contributed by atoms with Crippen LogP contribution in [0.1, 0.15) is 61.3 Å². The summed E-state index contributed by atoms with van der Waals surface area (Å²) in [5.74, 6) is 0.704. The highest BCUT2D eigenvalue weighted by Crippen LogP contribution is 2.29. The van der Waals surface area contributed by atoms with Crippen molar-refractivity contribution in [2.24, 2.45) is 5.92 Å². The van der Waals surface area contributed by atoms with Crippen molar-refractivity contribution in [3.8, 4) is 5.75 Å². The molecule has 0 unspecified atom stereocenters. The number of aryl methyl sites for hydroxylation is 1. The fraction of sp³-hybridized carbons (Fsp3) is 0.433. The zero-order valence-electron chi connectivity index (χ0n) is 22.6. The quantitative estimate of drug-likeness (QED) is 0.355. The van der Waals surface area contributed by atoms with Gasteiger partial charge in [0.25, 0.3) is 5.91 Å². The first-order valence-electron chi connectivity index (χ1n) is 13.3. The van der Waals surface area contributed by atoms with Gasteiger partial charge in [0.2, 0.25) is 5.91 Å². The predicted molar refractivity (Wildman–Crippen MR) is 149 cm³/mol. The lowest BCUT2D eigenvalue weighted by Crippen LogP contribution is -2.49. The Bertz CT molecular complexity index is 1240. The number of carbonyl (C=O) groups is 2. The van der Waals surface area contributed by atoms with Crippen molar-refractivity contribution >= 4 is 23.4 Å². The van der Waals surface area contributed by atoms with Crippen LogP contribution in [-0.4, -0.2) is 57.6 Å². The summed E-state index contributed by atoms with van der Waals surface area (Å²) in [6.45, 7) is 8.26. The predicted octanol–water partition coefficient (Wildman–Crippen LogP) is 5.64. The minimum Gasteiger partial charge on any atom is -0.490 e. The summed E-state index contributed by atoms with van der Waals surface area (Å²) in [6, 6.07) is 19.1. The molecule has 1 fully saturated rings. The van der Waals surface area contributed by atoms with Gasteiger partial charge in [-0.05, 0) is 42.7 Å². The number of carbonyl (C=O) groups excluding carboxylic acids is 2. The molecule has 2 heterocycles. The van der Waals surface area contributed by atoms with E-state index in [4.69, 9.17) is 16.3 Å². The molecule has 0 saturated carbocycles. The third kappa shape index (κ3) is 6.76. The van der Waals surface area contributed by atoms with Gasteiger partial charge in [-0.2, -0.15) is 5.10 Å². The van der Waals surface area contributed by atoms with E-state index in [1.165, 1.54) is 0 Å². The largest absolute Gasteiger partial charge is 0.490 e. The summed E-state index contributed by atoms with van der Waals surface area (Å²) in [4.78, 5) is 30.6. The number of benzene rings is 2. The molecular weight excluding hydrogens is 500 g/mol. The zero-order valence-corrected chi connectivity index (χ0v) is 23.4. The number of aromatic nitrogens is 2. The molecule has 8 heteroatoms. The first-order chi connectivity index (χ1) is 18.2. The molecule has 0 spiro atoms. The van der Waals surface area contributed by atoms with Crippen LogP contribution in [0.15, 0.2) is 60.7 Å². The summed E-state index contributed by atoms with van der Waals surface area (Å²) in [6.07, 6.45) is 0.687. The van der Waals surface area contributed by atoms with E-state index in [-0.39, 0.29) is 36.2 Å². The van der Waals surface area contributed by atoms with Crippen molar-refractivity contribution in [2.45, 2.75) is 58.7 Å². The lowest BCUT2D eigenvalue weighted by atomic mass is 9.90. The van der Waals surface area contributed by atoms with Gasteiger partial charge in [0, 0.05) is 57.0 Å². The Balaban J connectivity index is 1.52. The van der Waals surface area contributed by atoms with Crippen LogP contribution in [-0.2, 0) is 17.9 Å². The van der Waals surface area contributed by atoms with Crippen LogP contribution in [0.25, 0.3) is 0 Å². The van der Waals surface area contributed by atoms with Gasteiger partial charge in [0.05, 0.1) is 5.69 Å². The minimum atomic E-state index is -0.214. The van der Waals surface area contributed by atoms with E-state index in [0.29, 0.717) is 49.1 Å². The van der Waals surface area contributed by atoms with Crippen molar-refractivity contribution in [3.63, 3.8) is 0 Å². The second-order valence-electron chi connectivity index (χ2n) is 10.3. The Hall–Kier alpha value is -3.32. The maximum absolute atomic E-state index is 13.6. The summed E-state index contributed by atoms with van der Waals surface area (Å²) < 4.78 is 8.13. The van der Waals surface area contributed by atoms with Gasteiger partial charge in [-0.15, -0.1) is 0 Å². The van der Waals surface area contributed by atoms with Crippen molar-refractivity contribution in [3.05, 3.63) is 82.6 Å². The van der Waals surface area contributed by atoms with Crippen molar-refractivity contribution in [1.29, 1.82) is 0 Å². The summed E-state index contributed by atoms with van der Waals surface area (Å²) in [5, 5.41) is 5.22. The molecule has 2 amide bonds. The number of halogens is 1. The molecule has 7 nitrogen and oxygen atoms in total. The molecule has 0 N–H and O–H groups in total. The maximum atomic E-state index is 13.6. The van der Waals surface area contributed by atoms with Crippen LogP contribution in [0.3, 0.4) is 0 Å². The molecule has 1 aliphatic rings. The Morgan fingerprint density at radius 1 is 1.13 bits per heavy atom. The Morgan fingerprint density at radius 3 is 2.58 bits per heavy atom. The maximum Gasteiger partial charge on any atom is 0.272 e. The molecule has 0 bridgehead atoms. The minimum absolute atomic E-state index is 0.0218. The zero-order chi connectivity index (χ0) is 27.2. The van der Waals surface area contributed by atoms with E-state index in [2.05, 4.69) is 18.9 Å². The molecule has 1 aromatic heterocycles. The first-order valence-corrected chi connectivity index (χ1v) is 13.7. The van der Waals surface area contributed by atoms with Gasteiger partial charge in [0.15, 0.2) is 0 Å². The third-order valence-corrected chi connectivity index (χ3v) is 7.30. The van der Waals surface area contributed by atoms with Crippen LogP contribution < -0.4 is 4.74 Å². The molecule has 2 aromatic carbocycles. The molecular formula is C30H37ClN4O3. The number of likely N-dealkylation sites (tertiary alicyclic amines) is 1. The van der Waals surface area contributed by atoms with Gasteiger partial charge in [0.1, 0.15) is 17.5 Å². The van der Waals surface area contributed by atoms with Crippen LogP contribution in [0.4, 0.5) is 0 Å². The molecule has 202 valence electrons. The molecule has 38 heavy (non-hydrogen) atoms. The number of hydrogen-bond donors (Lipinski definition) is 0. The standard InChI is InChI=1S/C30H37ClN4O3/c1-5-35-27(18-26(32-35)21(2)3)30(37)34-15-14-28(38-25-13-9-12-24(31)17-25)23(20-34)16-29(36)33(4)19-22-10-7-6-8-11-22/h6-13,17-18,21,23,28H,5,14-16,19-20H2,1-4H3/t23-,28-/m0/s1. The van der Waals surface area contributed by atoms with Gasteiger partial charge in [-0.3, -0.25) is 14.3 Å². The highest BCUT2D eigenvalue weighted by Gasteiger charge is 2.36. The van der Waals surface area contributed by atoms with E-state index < -0.39 is 0 Å². The Kier molecular flexibility index (Phi) is 9.10. The monoisotopic (exact) mass is 536 g/mol. The molecule has 4 rings (SSSR count). The smallest absolute Gasteiger partial charge is 0.272 e. The van der Waals surface area contributed by atoms with E-state index >= 15 is 0 Å². The number of nitrogens with zero attached hydrogens (tertiary/aromatic N) is 4. The topological polar surface area (TPSA) is 67.7 Å². The van der Waals surface area contributed by atoms with Gasteiger partial charge in [-0.1, -0.05) is 61.8 Å². The Labute approximate surface area is 230 Å². The summed E-state index contributed by atoms with van der Waals surface area (Å²) in [5.41, 5.74) is 2.57. The number of piperidine rings is 1. The second kappa shape index (κ2) is 12.5. The lowest BCUT2D eigenvalue weighted by Gasteiger charge is -2.39. The molecule has 2 atom stereocenters. The number of amides is 2.